The van der Waals surface area contributed by atoms with Gasteiger partial charge in [-0.1, -0.05) is 31.3 Å². The molecule has 5 heteroatoms. The van der Waals surface area contributed by atoms with Crippen molar-refractivity contribution in [2.45, 2.75) is 50.2 Å². The van der Waals surface area contributed by atoms with Crippen LogP contribution in [-0.4, -0.2) is 22.4 Å². The molecule has 2 rings (SSSR count). The second kappa shape index (κ2) is 5.87. The van der Waals surface area contributed by atoms with Gasteiger partial charge in [0.05, 0.1) is 11.2 Å². The minimum Gasteiger partial charge on any atom is -0.339 e. The Morgan fingerprint density at radius 3 is 2.76 bits per heavy atom. The molecule has 0 aromatic carbocycles. The van der Waals surface area contributed by atoms with Crippen LogP contribution in [0.25, 0.3) is 0 Å². The molecule has 2 N–H and O–H groups in total. The summed E-state index contributed by atoms with van der Waals surface area (Å²) in [5.74, 6) is 3.49. The lowest BCUT2D eigenvalue weighted by atomic mass is 9.74. The van der Waals surface area contributed by atoms with E-state index >= 15 is 0 Å². The van der Waals surface area contributed by atoms with Crippen LogP contribution in [0.1, 0.15) is 50.7 Å². The van der Waals surface area contributed by atoms with Crippen molar-refractivity contribution in [3.63, 3.8) is 0 Å². The first kappa shape index (κ1) is 12.9. The zero-order chi connectivity index (χ0) is 12.1. The van der Waals surface area contributed by atoms with Crippen molar-refractivity contribution in [2.24, 2.45) is 5.73 Å². The zero-order valence-corrected chi connectivity index (χ0v) is 11.3. The molecule has 1 heterocycles. The highest BCUT2D eigenvalue weighted by atomic mass is 32.2. The molecule has 0 bridgehead atoms. The molecule has 1 aliphatic carbocycles. The SMILES string of the molecule is CCSCc1noc(C2(CN)CCCCC2)n1. The number of nitrogens with two attached hydrogens (primary N) is 1. The number of rotatable bonds is 5. The van der Waals surface area contributed by atoms with Crippen molar-refractivity contribution in [2.75, 3.05) is 12.3 Å². The normalized spacial score (nSPS) is 19.4. The van der Waals surface area contributed by atoms with E-state index in [1.807, 2.05) is 11.8 Å². The molecule has 0 saturated heterocycles. The summed E-state index contributed by atoms with van der Waals surface area (Å²) in [6.45, 7) is 2.75. The van der Waals surface area contributed by atoms with Crippen molar-refractivity contribution in [3.05, 3.63) is 11.7 Å². The molecule has 1 aromatic rings. The largest absolute Gasteiger partial charge is 0.339 e. The van der Waals surface area contributed by atoms with E-state index in [2.05, 4.69) is 17.1 Å². The second-order valence-corrected chi connectivity index (χ2v) is 5.97. The van der Waals surface area contributed by atoms with E-state index in [1.165, 1.54) is 19.3 Å². The lowest BCUT2D eigenvalue weighted by Gasteiger charge is -2.32. The fourth-order valence-electron chi connectivity index (χ4n) is 2.46. The van der Waals surface area contributed by atoms with Crippen LogP contribution in [-0.2, 0) is 11.2 Å². The van der Waals surface area contributed by atoms with E-state index in [0.717, 1.165) is 36.1 Å². The molecule has 1 aromatic heterocycles. The molecule has 4 nitrogen and oxygen atoms in total. The minimum absolute atomic E-state index is 0.0413. The Kier molecular flexibility index (Phi) is 4.45. The summed E-state index contributed by atoms with van der Waals surface area (Å²) in [4.78, 5) is 4.54. The second-order valence-electron chi connectivity index (χ2n) is 4.70. The van der Waals surface area contributed by atoms with Gasteiger partial charge in [0.1, 0.15) is 0 Å². The number of hydrogen-bond donors (Lipinski definition) is 1. The molecule has 1 fully saturated rings. The lowest BCUT2D eigenvalue weighted by molar-refractivity contribution is 0.219. The summed E-state index contributed by atoms with van der Waals surface area (Å²) in [5, 5.41) is 4.06. The van der Waals surface area contributed by atoms with Gasteiger partial charge in [-0.15, -0.1) is 0 Å². The fraction of sp³-hybridized carbons (Fsp3) is 0.833. The number of aromatic nitrogens is 2. The predicted octanol–water partition coefficient (Wildman–Crippen LogP) is 2.48. The first-order valence-corrected chi connectivity index (χ1v) is 7.57. The molecule has 1 aliphatic rings. The summed E-state index contributed by atoms with van der Waals surface area (Å²) in [7, 11) is 0. The van der Waals surface area contributed by atoms with E-state index < -0.39 is 0 Å². The number of thioether (sulfide) groups is 1. The maximum atomic E-state index is 5.95. The molecular formula is C12H21N3OS. The Labute approximate surface area is 107 Å². The van der Waals surface area contributed by atoms with E-state index in [9.17, 15) is 0 Å². The van der Waals surface area contributed by atoms with Gasteiger partial charge in [0.25, 0.3) is 0 Å². The Hall–Kier alpha value is -0.550. The van der Waals surface area contributed by atoms with E-state index in [1.54, 1.807) is 0 Å². The monoisotopic (exact) mass is 255 g/mol. The summed E-state index contributed by atoms with van der Waals surface area (Å²) in [6.07, 6.45) is 5.92. The molecule has 0 radical (unpaired) electrons. The molecule has 0 unspecified atom stereocenters. The van der Waals surface area contributed by atoms with Crippen LogP contribution in [0.5, 0.6) is 0 Å². The van der Waals surface area contributed by atoms with Gasteiger partial charge in [0.15, 0.2) is 5.82 Å². The van der Waals surface area contributed by atoms with Gasteiger partial charge in [-0.2, -0.15) is 16.7 Å². The zero-order valence-electron chi connectivity index (χ0n) is 10.4. The molecule has 17 heavy (non-hydrogen) atoms. The van der Waals surface area contributed by atoms with Gasteiger partial charge < -0.3 is 10.3 Å². The van der Waals surface area contributed by atoms with Crippen LogP contribution in [0.3, 0.4) is 0 Å². The van der Waals surface area contributed by atoms with E-state index in [4.69, 9.17) is 10.3 Å². The van der Waals surface area contributed by atoms with Crippen molar-refractivity contribution >= 4 is 11.8 Å². The maximum Gasteiger partial charge on any atom is 0.234 e. The van der Waals surface area contributed by atoms with Gasteiger partial charge in [-0.05, 0) is 18.6 Å². The smallest absolute Gasteiger partial charge is 0.234 e. The predicted molar refractivity (Wildman–Crippen MR) is 70.0 cm³/mol. The van der Waals surface area contributed by atoms with Gasteiger partial charge in [0, 0.05) is 6.54 Å². The lowest BCUT2D eigenvalue weighted by Crippen LogP contribution is -2.37. The Morgan fingerprint density at radius 2 is 2.12 bits per heavy atom. The minimum atomic E-state index is -0.0413. The van der Waals surface area contributed by atoms with Gasteiger partial charge in [-0.3, -0.25) is 0 Å². The van der Waals surface area contributed by atoms with E-state index in [0.29, 0.717) is 6.54 Å². The van der Waals surface area contributed by atoms with Gasteiger partial charge >= 0.3 is 0 Å². The number of hydrogen-bond acceptors (Lipinski definition) is 5. The fourth-order valence-corrected chi connectivity index (χ4v) is 2.96. The van der Waals surface area contributed by atoms with Gasteiger partial charge in [-0.25, -0.2) is 0 Å². The Bertz CT molecular complexity index is 347. The molecule has 96 valence electrons. The summed E-state index contributed by atoms with van der Waals surface area (Å²) in [6, 6.07) is 0. The van der Waals surface area contributed by atoms with Crippen LogP contribution < -0.4 is 5.73 Å². The molecular weight excluding hydrogens is 234 g/mol. The van der Waals surface area contributed by atoms with Crippen molar-refractivity contribution in [1.82, 2.24) is 10.1 Å². The third-order valence-electron chi connectivity index (χ3n) is 3.56. The summed E-state index contributed by atoms with van der Waals surface area (Å²) in [5.41, 5.74) is 5.91. The van der Waals surface area contributed by atoms with Crippen LogP contribution in [0.4, 0.5) is 0 Å². The Balaban J connectivity index is 2.10. The van der Waals surface area contributed by atoms with Crippen molar-refractivity contribution < 1.29 is 4.52 Å². The molecule has 0 spiro atoms. The molecule has 0 amide bonds. The topological polar surface area (TPSA) is 64.9 Å². The molecule has 1 saturated carbocycles. The van der Waals surface area contributed by atoms with Crippen LogP contribution >= 0.6 is 11.8 Å². The highest BCUT2D eigenvalue weighted by Crippen LogP contribution is 2.37. The maximum absolute atomic E-state index is 5.95. The standard InChI is InChI=1S/C12H21N3OS/c1-2-17-8-10-14-11(16-15-10)12(9-13)6-4-3-5-7-12/h2-9,13H2,1H3. The van der Waals surface area contributed by atoms with Crippen LogP contribution in [0, 0.1) is 0 Å². The first-order valence-electron chi connectivity index (χ1n) is 6.41. The third kappa shape index (κ3) is 2.83. The van der Waals surface area contributed by atoms with Crippen LogP contribution in [0.2, 0.25) is 0 Å². The van der Waals surface area contributed by atoms with Gasteiger partial charge in [0.2, 0.25) is 5.89 Å². The summed E-state index contributed by atoms with van der Waals surface area (Å²) >= 11 is 1.81. The number of nitrogens with zero attached hydrogens (tertiary/aromatic N) is 2. The van der Waals surface area contributed by atoms with E-state index in [-0.39, 0.29) is 5.41 Å². The quantitative estimate of drug-likeness (QED) is 0.875. The third-order valence-corrected chi connectivity index (χ3v) is 4.43. The highest BCUT2D eigenvalue weighted by molar-refractivity contribution is 7.98. The Morgan fingerprint density at radius 1 is 1.35 bits per heavy atom. The first-order chi connectivity index (χ1) is 8.30. The summed E-state index contributed by atoms with van der Waals surface area (Å²) < 4.78 is 5.44. The average molecular weight is 255 g/mol. The van der Waals surface area contributed by atoms with Crippen molar-refractivity contribution in [1.29, 1.82) is 0 Å². The molecule has 0 atom stereocenters. The van der Waals surface area contributed by atoms with Crippen LogP contribution in [0.15, 0.2) is 4.52 Å². The van der Waals surface area contributed by atoms with Crippen molar-refractivity contribution in [3.8, 4) is 0 Å². The molecule has 0 aliphatic heterocycles. The average Bonchev–Trinajstić information content (AvgIpc) is 2.86. The highest BCUT2D eigenvalue weighted by Gasteiger charge is 2.37.